The highest BCUT2D eigenvalue weighted by Gasteiger charge is 2.66. The number of amides is 2. The number of benzene rings is 2. The van der Waals surface area contributed by atoms with E-state index in [1.165, 1.54) is 0 Å². The number of fused-ring (bicyclic) bond motifs is 2. The molecule has 6 rings (SSSR count). The Morgan fingerprint density at radius 1 is 1.20 bits per heavy atom. The molecule has 0 unspecified atom stereocenters. The number of hydrogen-bond acceptors (Lipinski definition) is 7. The molecule has 4 atom stereocenters. The fourth-order valence-corrected chi connectivity index (χ4v) is 9.99. The van der Waals surface area contributed by atoms with Gasteiger partial charge in [0.15, 0.2) is 5.60 Å². The minimum absolute atomic E-state index is 0.0175. The number of ether oxygens (including phenoxy) is 2. The van der Waals surface area contributed by atoms with Crippen LogP contribution in [0.1, 0.15) is 43.0 Å². The summed E-state index contributed by atoms with van der Waals surface area (Å²) in [6, 6.07) is 13.3. The third kappa shape index (κ3) is 5.22. The highest BCUT2D eigenvalue weighted by Crippen LogP contribution is 2.60. The quantitative estimate of drug-likeness (QED) is 0.265. The maximum absolute atomic E-state index is 16.2. The smallest absolute Gasteiger partial charge is 0.264 e. The first-order valence-corrected chi connectivity index (χ1v) is 18.3. The molecule has 1 spiro atoms. The number of halogens is 1. The number of aryl methyl sites for hydroxylation is 1. The van der Waals surface area contributed by atoms with Crippen LogP contribution in [0.25, 0.3) is 0 Å². The molecule has 3 aliphatic rings. The second kappa shape index (κ2) is 11.7. The summed E-state index contributed by atoms with van der Waals surface area (Å²) >= 11 is 0. The van der Waals surface area contributed by atoms with Crippen LogP contribution in [0.3, 0.4) is 0 Å². The summed E-state index contributed by atoms with van der Waals surface area (Å²) in [7, 11) is -1.75. The number of anilines is 2. The van der Waals surface area contributed by atoms with Crippen LogP contribution >= 0.6 is 0 Å². The summed E-state index contributed by atoms with van der Waals surface area (Å²) in [6.45, 7) is 6.71. The van der Waals surface area contributed by atoms with Crippen LogP contribution < -0.4 is 14.5 Å². The number of rotatable bonds is 10. The van der Waals surface area contributed by atoms with Gasteiger partial charge >= 0.3 is 0 Å². The highest BCUT2D eigenvalue weighted by molar-refractivity contribution is 6.72. The van der Waals surface area contributed by atoms with Gasteiger partial charge in [-0.05, 0) is 61.8 Å². The normalized spacial score (nSPS) is 25.0. The molecule has 1 N–H and O–H groups in total. The Bertz CT molecular complexity index is 1560. The molecular weight excluding hydrogens is 581 g/mol. The lowest BCUT2D eigenvalue weighted by molar-refractivity contribution is -0.146. The van der Waals surface area contributed by atoms with E-state index in [9.17, 15) is 14.7 Å². The molecule has 12 heteroatoms. The minimum Gasteiger partial charge on any atom is -0.497 e. The van der Waals surface area contributed by atoms with Crippen molar-refractivity contribution >= 4 is 31.6 Å². The zero-order chi connectivity index (χ0) is 31.2. The van der Waals surface area contributed by atoms with E-state index in [4.69, 9.17) is 9.47 Å². The lowest BCUT2D eigenvalue weighted by Gasteiger charge is -2.31. The molecule has 2 fully saturated rings. The second-order valence-corrected chi connectivity index (χ2v) is 16.4. The van der Waals surface area contributed by atoms with Gasteiger partial charge in [-0.25, -0.2) is 0 Å². The molecule has 0 saturated carbocycles. The van der Waals surface area contributed by atoms with Gasteiger partial charge in [0.05, 0.1) is 31.1 Å². The zero-order valence-electron chi connectivity index (χ0n) is 25.7. The van der Waals surface area contributed by atoms with Gasteiger partial charge in [-0.1, -0.05) is 24.3 Å². The van der Waals surface area contributed by atoms with E-state index in [0.29, 0.717) is 55.0 Å². The molecule has 1 aromatic heterocycles. The largest absolute Gasteiger partial charge is 0.497 e. The summed E-state index contributed by atoms with van der Waals surface area (Å²) in [5.41, 5.74) is 1.98. The van der Waals surface area contributed by atoms with E-state index >= 15 is 4.11 Å². The van der Waals surface area contributed by atoms with Gasteiger partial charge in [0.1, 0.15) is 5.75 Å². The van der Waals surface area contributed by atoms with Crippen LogP contribution in [-0.2, 0) is 39.4 Å². The van der Waals surface area contributed by atoms with E-state index in [-0.39, 0.29) is 25.0 Å². The average Bonchev–Trinajstić information content (AvgIpc) is 3.75. The Kier molecular flexibility index (Phi) is 8.10. The molecule has 0 bridgehead atoms. The van der Waals surface area contributed by atoms with Crippen molar-refractivity contribution in [2.24, 2.45) is 5.92 Å². The van der Waals surface area contributed by atoms with Crippen LogP contribution in [0.5, 0.6) is 5.75 Å². The SMILES string of the molecule is COc1ccc2c(c1)[C@]1(O[C@@H](CCn3cc(CCO)nn3)[C@H]([Si](C)(C)F)[C@H]1C)C(=O)N2Cc1cccc(N2CCCC2=O)c1. The van der Waals surface area contributed by atoms with Crippen molar-refractivity contribution in [2.45, 2.75) is 76.0 Å². The molecule has 3 aromatic rings. The fraction of sp³-hybridized carbons (Fsp3) is 0.500. The Balaban J connectivity index is 1.34. The number of aliphatic hydroxyl groups is 1. The van der Waals surface area contributed by atoms with Crippen LogP contribution in [0.2, 0.25) is 18.6 Å². The summed E-state index contributed by atoms with van der Waals surface area (Å²) in [6.07, 6.45) is 3.50. The molecular formula is C32H40FN5O5Si. The lowest BCUT2D eigenvalue weighted by Crippen LogP contribution is -2.45. The van der Waals surface area contributed by atoms with E-state index in [0.717, 1.165) is 17.7 Å². The molecule has 44 heavy (non-hydrogen) atoms. The van der Waals surface area contributed by atoms with Crippen molar-refractivity contribution in [3.63, 3.8) is 0 Å². The number of carbonyl (C=O) groups is 2. The number of methoxy groups -OCH3 is 1. The van der Waals surface area contributed by atoms with E-state index in [2.05, 4.69) is 10.3 Å². The summed E-state index contributed by atoms with van der Waals surface area (Å²) in [5, 5.41) is 17.5. The standard InChI is InChI=1S/C32H40FN5O5Si/c1-21-30(44(3,4)33)28(12-15-36-20-23(13-16-39)34-35-36)43-32(21)26-18-25(42-2)10-11-27(26)38(31(32)41)19-22-7-5-8-24(17-22)37-14-6-9-29(37)40/h5,7-8,10-11,17-18,20-21,28,30,39H,6,9,12-16,19H2,1-4H3/t21-,28+,30-,32+/m1/s1. The second-order valence-electron chi connectivity index (χ2n) is 12.6. The van der Waals surface area contributed by atoms with Crippen LogP contribution in [-0.4, -0.2) is 66.7 Å². The Hall–Kier alpha value is -3.61. The van der Waals surface area contributed by atoms with E-state index < -0.39 is 31.6 Å². The van der Waals surface area contributed by atoms with Crippen molar-refractivity contribution < 1.29 is 28.3 Å². The zero-order valence-corrected chi connectivity index (χ0v) is 26.7. The van der Waals surface area contributed by atoms with Gasteiger partial charge in [0, 0.05) is 61.4 Å². The number of hydrogen-bond donors (Lipinski definition) is 1. The maximum Gasteiger partial charge on any atom is 0.264 e. The fourth-order valence-electron chi connectivity index (χ4n) is 7.44. The highest BCUT2D eigenvalue weighted by atomic mass is 28.4. The average molecular weight is 622 g/mol. The minimum atomic E-state index is -3.33. The topological polar surface area (TPSA) is 110 Å². The molecule has 2 aromatic carbocycles. The van der Waals surface area contributed by atoms with Crippen LogP contribution in [0.15, 0.2) is 48.7 Å². The third-order valence-electron chi connectivity index (χ3n) is 9.40. The first kappa shape index (κ1) is 30.4. The molecule has 10 nitrogen and oxygen atoms in total. The van der Waals surface area contributed by atoms with Crippen molar-refractivity contribution in [1.29, 1.82) is 0 Å². The van der Waals surface area contributed by atoms with Crippen molar-refractivity contribution in [3.8, 4) is 5.75 Å². The van der Waals surface area contributed by atoms with Gasteiger partial charge in [-0.3, -0.25) is 14.3 Å². The number of aromatic nitrogens is 3. The Labute approximate surface area is 257 Å². The van der Waals surface area contributed by atoms with Crippen molar-refractivity contribution in [2.75, 3.05) is 30.1 Å². The van der Waals surface area contributed by atoms with Gasteiger partial charge in [0.25, 0.3) is 5.91 Å². The van der Waals surface area contributed by atoms with Gasteiger partial charge in [0.2, 0.25) is 14.3 Å². The Morgan fingerprint density at radius 3 is 2.73 bits per heavy atom. The van der Waals surface area contributed by atoms with Crippen LogP contribution in [0.4, 0.5) is 15.5 Å². The molecule has 4 heterocycles. The van der Waals surface area contributed by atoms with Crippen LogP contribution in [0, 0.1) is 5.92 Å². The molecule has 2 saturated heterocycles. The van der Waals surface area contributed by atoms with Crippen molar-refractivity contribution in [3.05, 3.63) is 65.5 Å². The molecule has 0 radical (unpaired) electrons. The van der Waals surface area contributed by atoms with Gasteiger partial charge in [-0.2, -0.15) is 0 Å². The predicted octanol–water partition coefficient (Wildman–Crippen LogP) is 4.36. The molecule has 234 valence electrons. The van der Waals surface area contributed by atoms with E-state index in [1.54, 1.807) is 40.9 Å². The maximum atomic E-state index is 16.2. The first-order chi connectivity index (χ1) is 21.1. The summed E-state index contributed by atoms with van der Waals surface area (Å²) in [4.78, 5) is 30.6. The Morgan fingerprint density at radius 2 is 2.02 bits per heavy atom. The summed E-state index contributed by atoms with van der Waals surface area (Å²) in [5.74, 6) is 0.0536. The number of aliphatic hydroxyl groups excluding tert-OH is 1. The first-order valence-electron chi connectivity index (χ1n) is 15.3. The van der Waals surface area contributed by atoms with Gasteiger partial charge < -0.3 is 28.5 Å². The monoisotopic (exact) mass is 621 g/mol. The molecule has 0 aliphatic carbocycles. The van der Waals surface area contributed by atoms with E-state index in [1.807, 2.05) is 49.4 Å². The third-order valence-corrected chi connectivity index (χ3v) is 11.9. The molecule has 2 amide bonds. The number of carbonyl (C=O) groups excluding carboxylic acids is 2. The molecule has 3 aliphatic heterocycles. The number of nitrogens with zero attached hydrogens (tertiary/aromatic N) is 5. The van der Waals surface area contributed by atoms with Crippen molar-refractivity contribution in [1.82, 2.24) is 15.0 Å². The van der Waals surface area contributed by atoms with Gasteiger partial charge in [-0.15, -0.1) is 5.10 Å². The predicted molar refractivity (Wildman–Crippen MR) is 166 cm³/mol. The summed E-state index contributed by atoms with van der Waals surface area (Å²) < 4.78 is 30.3. The lowest BCUT2D eigenvalue weighted by atomic mass is 9.82.